The zero-order valence-electron chi connectivity index (χ0n) is 9.57. The van der Waals surface area contributed by atoms with E-state index in [-0.39, 0.29) is 0 Å². The Morgan fingerprint density at radius 2 is 2.07 bits per heavy atom. The molecule has 0 aliphatic heterocycles. The summed E-state index contributed by atoms with van der Waals surface area (Å²) in [6.07, 6.45) is 2.45. The highest BCUT2D eigenvalue weighted by Gasteiger charge is 2.05. The largest absolute Gasteiger partial charge is 0.411 e. The van der Waals surface area contributed by atoms with Crippen LogP contribution in [0.4, 0.5) is 0 Å². The number of hydrogen-bond acceptors (Lipinski definition) is 3. The molecule has 0 saturated heterocycles. The fourth-order valence-electron chi connectivity index (χ4n) is 1.55. The van der Waals surface area contributed by atoms with Gasteiger partial charge in [0.05, 0.1) is 0 Å². The average Bonchev–Trinajstić information content (AvgIpc) is 2.27. The van der Waals surface area contributed by atoms with Crippen LogP contribution >= 0.6 is 0 Å². The van der Waals surface area contributed by atoms with Crippen molar-refractivity contribution < 1.29 is 4.84 Å². The molecule has 0 radical (unpaired) electrons. The van der Waals surface area contributed by atoms with Crippen LogP contribution < -0.4 is 10.7 Å². The van der Waals surface area contributed by atoms with Gasteiger partial charge in [-0.05, 0) is 26.1 Å². The van der Waals surface area contributed by atoms with Gasteiger partial charge >= 0.3 is 0 Å². The van der Waals surface area contributed by atoms with Crippen LogP contribution in [0.3, 0.4) is 0 Å². The Morgan fingerprint density at radius 1 is 1.33 bits per heavy atom. The maximum Gasteiger partial charge on any atom is 0.151 e. The van der Waals surface area contributed by atoms with Crippen LogP contribution in [0.1, 0.15) is 25.3 Å². The van der Waals surface area contributed by atoms with Gasteiger partial charge < -0.3 is 9.74 Å². The lowest BCUT2D eigenvalue weighted by Crippen LogP contribution is -2.19. The van der Waals surface area contributed by atoms with Gasteiger partial charge in [0.2, 0.25) is 0 Å². The van der Waals surface area contributed by atoms with Gasteiger partial charge in [0.15, 0.2) is 5.75 Å². The van der Waals surface area contributed by atoms with Crippen LogP contribution in [0.5, 0.6) is 5.75 Å². The smallest absolute Gasteiger partial charge is 0.151 e. The van der Waals surface area contributed by atoms with Gasteiger partial charge in [-0.2, -0.15) is 5.90 Å². The van der Waals surface area contributed by atoms with Crippen LogP contribution in [0.2, 0.25) is 0 Å². The summed E-state index contributed by atoms with van der Waals surface area (Å²) < 4.78 is 0. The molecule has 2 N–H and O–H groups in total. The first-order chi connectivity index (χ1) is 7.27. The van der Waals surface area contributed by atoms with E-state index in [1.807, 2.05) is 24.3 Å². The Hall–Kier alpha value is -1.06. The number of unbranched alkanes of at least 4 members (excludes halogenated alkanes) is 1. The lowest BCUT2D eigenvalue weighted by Gasteiger charge is -2.17. The normalized spacial score (nSPS) is 10.7. The SMILES string of the molecule is CCCCN(C)Cc1ccccc1ON. The van der Waals surface area contributed by atoms with Crippen molar-refractivity contribution in [2.24, 2.45) is 5.90 Å². The quantitative estimate of drug-likeness (QED) is 0.728. The number of rotatable bonds is 6. The van der Waals surface area contributed by atoms with Crippen LogP contribution in [-0.2, 0) is 6.54 Å². The predicted molar refractivity (Wildman–Crippen MR) is 62.5 cm³/mol. The average molecular weight is 208 g/mol. The summed E-state index contributed by atoms with van der Waals surface area (Å²) in [4.78, 5) is 7.10. The molecular weight excluding hydrogens is 188 g/mol. The number of nitrogens with two attached hydrogens (primary N) is 1. The van der Waals surface area contributed by atoms with Gasteiger partial charge in [-0.1, -0.05) is 31.5 Å². The molecule has 0 unspecified atom stereocenters. The Balaban J connectivity index is 2.55. The summed E-state index contributed by atoms with van der Waals surface area (Å²) >= 11 is 0. The maximum absolute atomic E-state index is 5.21. The van der Waals surface area contributed by atoms with E-state index in [2.05, 4.69) is 18.9 Å². The van der Waals surface area contributed by atoms with Crippen LogP contribution in [0, 0.1) is 0 Å². The fraction of sp³-hybridized carbons (Fsp3) is 0.500. The lowest BCUT2D eigenvalue weighted by atomic mass is 10.2. The molecule has 0 saturated carbocycles. The molecule has 0 atom stereocenters. The Bertz CT molecular complexity index is 289. The third-order valence-corrected chi connectivity index (χ3v) is 2.43. The van der Waals surface area contributed by atoms with Gasteiger partial charge in [-0.3, -0.25) is 0 Å². The molecule has 0 spiro atoms. The van der Waals surface area contributed by atoms with Crippen molar-refractivity contribution in [3.05, 3.63) is 29.8 Å². The van der Waals surface area contributed by atoms with Gasteiger partial charge in [0, 0.05) is 12.1 Å². The third-order valence-electron chi connectivity index (χ3n) is 2.43. The van der Waals surface area contributed by atoms with E-state index in [1.54, 1.807) is 0 Å². The minimum absolute atomic E-state index is 0.765. The number of para-hydroxylation sites is 1. The van der Waals surface area contributed by atoms with E-state index in [0.29, 0.717) is 0 Å². The van der Waals surface area contributed by atoms with E-state index < -0.39 is 0 Å². The lowest BCUT2D eigenvalue weighted by molar-refractivity contribution is 0.297. The highest BCUT2D eigenvalue weighted by molar-refractivity contribution is 5.32. The first-order valence-corrected chi connectivity index (χ1v) is 5.41. The van der Waals surface area contributed by atoms with Crippen molar-refractivity contribution in [1.82, 2.24) is 4.90 Å². The zero-order chi connectivity index (χ0) is 11.1. The molecule has 0 heterocycles. The van der Waals surface area contributed by atoms with Gasteiger partial charge in [0.1, 0.15) is 0 Å². The van der Waals surface area contributed by atoms with Gasteiger partial charge in [0.25, 0.3) is 0 Å². The fourth-order valence-corrected chi connectivity index (χ4v) is 1.55. The molecule has 0 fully saturated rings. The molecule has 1 rings (SSSR count). The first-order valence-electron chi connectivity index (χ1n) is 5.41. The molecule has 3 heteroatoms. The van der Waals surface area contributed by atoms with E-state index in [1.165, 1.54) is 12.8 Å². The molecule has 0 aliphatic rings. The zero-order valence-corrected chi connectivity index (χ0v) is 9.57. The monoisotopic (exact) mass is 208 g/mol. The third kappa shape index (κ3) is 3.90. The number of hydrogen-bond donors (Lipinski definition) is 1. The number of benzene rings is 1. The van der Waals surface area contributed by atoms with Gasteiger partial charge in [-0.15, -0.1) is 0 Å². The van der Waals surface area contributed by atoms with Crippen LogP contribution in [0.15, 0.2) is 24.3 Å². The van der Waals surface area contributed by atoms with Crippen molar-refractivity contribution >= 4 is 0 Å². The van der Waals surface area contributed by atoms with Crippen molar-refractivity contribution in [1.29, 1.82) is 0 Å². The predicted octanol–water partition coefficient (Wildman–Crippen LogP) is 2.17. The molecule has 3 nitrogen and oxygen atoms in total. The summed E-state index contributed by atoms with van der Waals surface area (Å²) in [7, 11) is 2.11. The van der Waals surface area contributed by atoms with Gasteiger partial charge in [-0.25, -0.2) is 0 Å². The van der Waals surface area contributed by atoms with Crippen molar-refractivity contribution in [2.45, 2.75) is 26.3 Å². The molecular formula is C12H20N2O. The van der Waals surface area contributed by atoms with Crippen molar-refractivity contribution in [2.75, 3.05) is 13.6 Å². The van der Waals surface area contributed by atoms with Crippen molar-refractivity contribution in [3.8, 4) is 5.75 Å². The molecule has 1 aromatic carbocycles. The van der Waals surface area contributed by atoms with Crippen molar-refractivity contribution in [3.63, 3.8) is 0 Å². The van der Waals surface area contributed by atoms with Crippen LogP contribution in [0.25, 0.3) is 0 Å². The summed E-state index contributed by atoms with van der Waals surface area (Å²) in [5.74, 6) is 5.97. The second-order valence-electron chi connectivity index (χ2n) is 3.82. The molecule has 15 heavy (non-hydrogen) atoms. The highest BCUT2D eigenvalue weighted by atomic mass is 16.6. The molecule has 1 aromatic rings. The highest BCUT2D eigenvalue weighted by Crippen LogP contribution is 2.17. The first kappa shape index (κ1) is 12.0. The second-order valence-corrected chi connectivity index (χ2v) is 3.82. The Kier molecular flexibility index (Phi) is 5.15. The summed E-state index contributed by atoms with van der Waals surface area (Å²) in [5, 5.41) is 0. The van der Waals surface area contributed by atoms with E-state index in [9.17, 15) is 0 Å². The second kappa shape index (κ2) is 6.43. The molecule has 0 amide bonds. The Labute approximate surface area is 91.8 Å². The topological polar surface area (TPSA) is 38.5 Å². The summed E-state index contributed by atoms with van der Waals surface area (Å²) in [5.41, 5.74) is 1.14. The minimum Gasteiger partial charge on any atom is -0.411 e. The van der Waals surface area contributed by atoms with Crippen LogP contribution in [-0.4, -0.2) is 18.5 Å². The Morgan fingerprint density at radius 3 is 2.73 bits per heavy atom. The number of nitrogens with zero attached hydrogens (tertiary/aromatic N) is 1. The minimum atomic E-state index is 0.765. The molecule has 84 valence electrons. The molecule has 0 aromatic heterocycles. The van der Waals surface area contributed by atoms with E-state index >= 15 is 0 Å². The van der Waals surface area contributed by atoms with E-state index in [4.69, 9.17) is 10.7 Å². The van der Waals surface area contributed by atoms with E-state index in [0.717, 1.165) is 24.4 Å². The standard InChI is InChI=1S/C12H20N2O/c1-3-4-9-14(2)10-11-7-5-6-8-12(11)15-13/h5-8H,3-4,9-10,13H2,1-2H3. The molecule has 0 aliphatic carbocycles. The summed E-state index contributed by atoms with van der Waals surface area (Å²) in [6.45, 7) is 4.19. The summed E-state index contributed by atoms with van der Waals surface area (Å²) in [6, 6.07) is 7.87. The maximum atomic E-state index is 5.21. The molecule has 0 bridgehead atoms.